The third-order valence-corrected chi connectivity index (χ3v) is 0.346. The van der Waals surface area contributed by atoms with E-state index >= 15 is 0 Å². The molecule has 10 heavy (non-hydrogen) atoms. The first-order chi connectivity index (χ1) is 2.77. The summed E-state index contributed by atoms with van der Waals surface area (Å²) in [5.41, 5.74) is 0. The van der Waals surface area contributed by atoms with Gasteiger partial charge in [0.25, 0.3) is 0 Å². The Morgan fingerprint density at radius 3 is 1.80 bits per heavy atom. The van der Waals surface area contributed by atoms with Crippen molar-refractivity contribution in [1.82, 2.24) is 0 Å². The molecular formula is CH4ClKN2Na2O2S. The predicted molar refractivity (Wildman–Crippen MR) is 48.9 cm³/mol. The number of hydrogen-bond donors (Lipinski definition) is 0. The van der Waals surface area contributed by atoms with Gasteiger partial charge in [-0.1, -0.05) is 0 Å². The van der Waals surface area contributed by atoms with Crippen LogP contribution >= 0.6 is 24.4 Å². The van der Waals surface area contributed by atoms with Crippen LogP contribution in [0.5, 0.6) is 0 Å². The van der Waals surface area contributed by atoms with Crippen LogP contribution in [0.25, 0.3) is 0 Å². The quantitative estimate of drug-likeness (QED) is 0.187. The molecule has 0 radical (unpaired) electrons. The average molecular weight is 229 g/mol. The van der Waals surface area contributed by atoms with Gasteiger partial charge < -0.3 is 0 Å². The van der Waals surface area contributed by atoms with Crippen molar-refractivity contribution in [2.75, 3.05) is 0 Å². The van der Waals surface area contributed by atoms with Crippen molar-refractivity contribution in [3.63, 3.8) is 0 Å². The number of hydrogen-bond acceptors (Lipinski definition) is 4. The summed E-state index contributed by atoms with van der Waals surface area (Å²) in [4.78, 5) is 9.15. The minimum atomic E-state index is -0.764. The molecule has 0 spiro atoms. The molecule has 46 valence electrons. The van der Waals surface area contributed by atoms with Crippen molar-refractivity contribution < 1.29 is 4.33 Å². The third kappa shape index (κ3) is 30.4. The van der Waals surface area contributed by atoms with Gasteiger partial charge in [-0.3, -0.25) is 0 Å². The normalized spacial score (nSPS) is 3.90. The first-order valence-corrected chi connectivity index (χ1v) is 1.75. The van der Waals surface area contributed by atoms with E-state index in [4.69, 9.17) is 15.4 Å². The second-order valence-corrected chi connectivity index (χ2v) is 1.07. The predicted octanol–water partition coefficient (Wildman–Crippen LogP) is -1.13. The van der Waals surface area contributed by atoms with Crippen molar-refractivity contribution in [1.29, 1.82) is 5.26 Å². The molecule has 0 saturated carbocycles. The van der Waals surface area contributed by atoms with Crippen LogP contribution in [0.4, 0.5) is 0 Å². The van der Waals surface area contributed by atoms with Crippen molar-refractivity contribution in [2.45, 2.75) is 0 Å². The van der Waals surface area contributed by atoms with Crippen LogP contribution in [-0.4, -0.2) is 115 Å². The van der Waals surface area contributed by atoms with Gasteiger partial charge >= 0.3 is 122 Å². The van der Waals surface area contributed by atoms with Gasteiger partial charge in [0.15, 0.2) is 0 Å². The van der Waals surface area contributed by atoms with Crippen molar-refractivity contribution in [3.05, 3.63) is 10.1 Å². The van der Waals surface area contributed by atoms with E-state index in [9.17, 15) is 0 Å². The Kier molecular flexibility index (Phi) is 66.5. The molecule has 0 aliphatic rings. The van der Waals surface area contributed by atoms with Gasteiger partial charge in [0, 0.05) is 0 Å². The van der Waals surface area contributed by atoms with Gasteiger partial charge in [-0.15, -0.1) is 12.4 Å². The summed E-state index contributed by atoms with van der Waals surface area (Å²) in [6.45, 7) is 0. The molecule has 0 bridgehead atoms. The van der Waals surface area contributed by atoms with E-state index in [0.717, 1.165) is 0 Å². The summed E-state index contributed by atoms with van der Waals surface area (Å²) in [5.74, 6) is 0. The number of nitriles is 1. The van der Waals surface area contributed by atoms with E-state index < -0.39 is 4.33 Å². The van der Waals surface area contributed by atoms with Crippen LogP contribution in [0, 0.1) is 20.8 Å². The van der Waals surface area contributed by atoms with Crippen LogP contribution in [0.1, 0.15) is 0 Å². The van der Waals surface area contributed by atoms with Crippen LogP contribution in [0.15, 0.2) is 0 Å². The van der Waals surface area contributed by atoms with Gasteiger partial charge in [-0.2, -0.15) is 5.26 Å². The Labute approximate surface area is 156 Å². The molecule has 0 aliphatic carbocycles. The van der Waals surface area contributed by atoms with E-state index in [0.29, 0.717) is 0 Å². The summed E-state index contributed by atoms with van der Waals surface area (Å²) in [6.07, 6.45) is 0. The first-order valence-electron chi connectivity index (χ1n) is 0.975. The second-order valence-electron chi connectivity index (χ2n) is 0.406. The minimum absolute atomic E-state index is 0. The molecule has 0 fully saturated rings. The third-order valence-electron chi connectivity index (χ3n) is 0.115. The Hall–Kier alpha value is 3.17. The fourth-order valence-electron chi connectivity index (χ4n) is 0.0333. The standard InChI is InChI=1S/CN2O2S.ClH.K.2Na.3H/c2-1-6-3(4)5;;;;;;;/h;1H;;;;;;. The molecule has 0 saturated heterocycles. The Bertz CT molecular complexity index is 110. The van der Waals surface area contributed by atoms with E-state index in [1.807, 2.05) is 0 Å². The van der Waals surface area contributed by atoms with Crippen molar-refractivity contribution in [3.8, 4) is 5.40 Å². The molecule has 0 rings (SSSR count). The van der Waals surface area contributed by atoms with Crippen LogP contribution < -0.4 is 0 Å². The van der Waals surface area contributed by atoms with Gasteiger partial charge in [0.1, 0.15) is 4.33 Å². The zero-order chi connectivity index (χ0) is 4.99. The molecule has 0 aromatic carbocycles. The Balaban J connectivity index is -0.0000000208. The zero-order valence-corrected chi connectivity index (χ0v) is 4.66. The van der Waals surface area contributed by atoms with E-state index in [1.54, 1.807) is 0 Å². The van der Waals surface area contributed by atoms with E-state index in [-0.39, 0.29) is 135 Å². The fourth-order valence-corrected chi connectivity index (χ4v) is 0.100. The van der Waals surface area contributed by atoms with E-state index in [2.05, 4.69) is 0 Å². The molecule has 0 amide bonds. The molecule has 0 aliphatic heterocycles. The topological polar surface area (TPSA) is 66.9 Å². The van der Waals surface area contributed by atoms with Gasteiger partial charge in [0.2, 0.25) is 5.40 Å². The van der Waals surface area contributed by atoms with E-state index in [1.165, 1.54) is 5.40 Å². The van der Waals surface area contributed by atoms with Gasteiger partial charge in [-0.05, 0) is 0 Å². The summed E-state index contributed by atoms with van der Waals surface area (Å²) in [7, 11) is 0. The Morgan fingerprint density at radius 1 is 1.50 bits per heavy atom. The van der Waals surface area contributed by atoms with Crippen molar-refractivity contribution >= 4 is 135 Å². The molecule has 9 heteroatoms. The number of nitro groups is 1. The number of nitrogens with zero attached hydrogens (tertiary/aromatic N) is 2. The molecule has 0 heterocycles. The molecule has 0 atom stereocenters. The number of halogens is 1. The van der Waals surface area contributed by atoms with Crippen LogP contribution in [0.3, 0.4) is 0 Å². The summed E-state index contributed by atoms with van der Waals surface area (Å²) >= 11 is 0.0139. The SMILES string of the molecule is Cl.N#CS[N+](=O)[O-].[KH].[NaH].[NaH]. The average Bonchev–Trinajstić information content (AvgIpc) is 1.35. The fraction of sp³-hybridized carbons (Fsp3) is 0. The summed E-state index contributed by atoms with van der Waals surface area (Å²) in [5, 5.41) is 17.9. The second kappa shape index (κ2) is 22.7. The van der Waals surface area contributed by atoms with Crippen molar-refractivity contribution in [2.24, 2.45) is 0 Å². The Morgan fingerprint density at radius 2 is 1.80 bits per heavy atom. The zero-order valence-electron chi connectivity index (χ0n) is 3.03. The molecule has 0 aromatic rings. The molecule has 4 nitrogen and oxygen atoms in total. The molecule has 0 aromatic heterocycles. The summed E-state index contributed by atoms with van der Waals surface area (Å²) in [6, 6.07) is 0. The van der Waals surface area contributed by atoms with Crippen LogP contribution in [-0.2, 0) is 0 Å². The number of rotatable bonds is 1. The maximum atomic E-state index is 9.15. The number of thiocyanates is 1. The monoisotopic (exact) mass is 228 g/mol. The molecule has 0 N–H and O–H groups in total. The van der Waals surface area contributed by atoms with Gasteiger partial charge in [-0.25, -0.2) is 10.1 Å². The molecular weight excluding hydrogens is 225 g/mol. The van der Waals surface area contributed by atoms with Crippen LogP contribution in [0.2, 0.25) is 0 Å². The first kappa shape index (κ1) is 29.2. The van der Waals surface area contributed by atoms with Gasteiger partial charge in [0.05, 0.1) is 0 Å². The molecule has 0 unspecified atom stereocenters. The maximum absolute atomic E-state index is 9.15. The summed E-state index contributed by atoms with van der Waals surface area (Å²) < 4.78 is -0.764.